The predicted molar refractivity (Wildman–Crippen MR) is 71.1 cm³/mol. The molecule has 0 amide bonds. The summed E-state index contributed by atoms with van der Waals surface area (Å²) >= 11 is 0. The van der Waals surface area contributed by atoms with E-state index in [1.165, 1.54) is 0 Å². The SMILES string of the molecule is CCCNC(c1cccnc1)c1ccnc(C)n1. The minimum absolute atomic E-state index is 0.0837. The summed E-state index contributed by atoms with van der Waals surface area (Å²) in [7, 11) is 0. The molecule has 0 aliphatic rings. The zero-order valence-corrected chi connectivity index (χ0v) is 10.8. The van der Waals surface area contributed by atoms with Gasteiger partial charge in [-0.15, -0.1) is 0 Å². The number of rotatable bonds is 5. The van der Waals surface area contributed by atoms with E-state index < -0.39 is 0 Å². The fourth-order valence-corrected chi connectivity index (χ4v) is 1.86. The first-order valence-corrected chi connectivity index (χ1v) is 6.24. The van der Waals surface area contributed by atoms with Crippen LogP contribution in [0.2, 0.25) is 0 Å². The lowest BCUT2D eigenvalue weighted by atomic mass is 10.1. The van der Waals surface area contributed by atoms with Crippen LogP contribution >= 0.6 is 0 Å². The van der Waals surface area contributed by atoms with Crippen LogP contribution in [0.5, 0.6) is 0 Å². The van der Waals surface area contributed by atoms with E-state index in [1.807, 2.05) is 25.3 Å². The fourth-order valence-electron chi connectivity index (χ4n) is 1.86. The average molecular weight is 242 g/mol. The second-order valence-corrected chi connectivity index (χ2v) is 4.20. The summed E-state index contributed by atoms with van der Waals surface area (Å²) in [5.74, 6) is 0.791. The molecule has 2 rings (SSSR count). The number of nitrogens with zero attached hydrogens (tertiary/aromatic N) is 3. The van der Waals surface area contributed by atoms with Crippen LogP contribution in [0.1, 0.15) is 36.5 Å². The van der Waals surface area contributed by atoms with Crippen LogP contribution in [-0.2, 0) is 0 Å². The summed E-state index contributed by atoms with van der Waals surface area (Å²) < 4.78 is 0. The van der Waals surface area contributed by atoms with Crippen molar-refractivity contribution in [1.29, 1.82) is 0 Å². The van der Waals surface area contributed by atoms with Gasteiger partial charge in [0.05, 0.1) is 11.7 Å². The van der Waals surface area contributed by atoms with Gasteiger partial charge in [0, 0.05) is 18.6 Å². The van der Waals surface area contributed by atoms with E-state index >= 15 is 0 Å². The van der Waals surface area contributed by atoms with Crippen molar-refractivity contribution in [2.75, 3.05) is 6.54 Å². The maximum absolute atomic E-state index is 4.50. The molecule has 94 valence electrons. The molecule has 4 heteroatoms. The second kappa shape index (κ2) is 6.21. The smallest absolute Gasteiger partial charge is 0.125 e. The van der Waals surface area contributed by atoms with Crippen molar-refractivity contribution >= 4 is 0 Å². The molecule has 0 aliphatic heterocycles. The van der Waals surface area contributed by atoms with Gasteiger partial charge in [-0.25, -0.2) is 9.97 Å². The average Bonchev–Trinajstić information content (AvgIpc) is 2.40. The second-order valence-electron chi connectivity index (χ2n) is 4.20. The lowest BCUT2D eigenvalue weighted by Crippen LogP contribution is -2.24. The standard InChI is InChI=1S/C14H18N4/c1-3-7-17-14(12-5-4-8-15-10-12)13-6-9-16-11(2)18-13/h4-6,8-10,14,17H,3,7H2,1-2H3. The van der Waals surface area contributed by atoms with Gasteiger partial charge in [-0.05, 0) is 37.6 Å². The molecular formula is C14H18N4. The van der Waals surface area contributed by atoms with Crippen molar-refractivity contribution in [3.8, 4) is 0 Å². The van der Waals surface area contributed by atoms with Gasteiger partial charge < -0.3 is 5.32 Å². The van der Waals surface area contributed by atoms with Gasteiger partial charge in [0.1, 0.15) is 5.82 Å². The van der Waals surface area contributed by atoms with Crippen molar-refractivity contribution in [2.45, 2.75) is 26.3 Å². The van der Waals surface area contributed by atoms with Crippen LogP contribution in [0.3, 0.4) is 0 Å². The van der Waals surface area contributed by atoms with Crippen LogP contribution < -0.4 is 5.32 Å². The molecule has 0 aliphatic carbocycles. The fraction of sp³-hybridized carbons (Fsp3) is 0.357. The molecule has 0 radical (unpaired) electrons. The van der Waals surface area contributed by atoms with Gasteiger partial charge in [-0.1, -0.05) is 13.0 Å². The molecule has 0 saturated heterocycles. The molecule has 2 heterocycles. The van der Waals surface area contributed by atoms with Gasteiger partial charge in [-0.3, -0.25) is 4.98 Å². The van der Waals surface area contributed by atoms with Crippen molar-refractivity contribution in [1.82, 2.24) is 20.3 Å². The predicted octanol–water partition coefficient (Wildman–Crippen LogP) is 2.27. The normalized spacial score (nSPS) is 12.3. The summed E-state index contributed by atoms with van der Waals surface area (Å²) in [5, 5.41) is 3.50. The Morgan fingerprint density at radius 2 is 2.17 bits per heavy atom. The first kappa shape index (κ1) is 12.6. The van der Waals surface area contributed by atoms with Crippen LogP contribution in [0.25, 0.3) is 0 Å². The Morgan fingerprint density at radius 1 is 1.28 bits per heavy atom. The van der Waals surface area contributed by atoms with Gasteiger partial charge in [-0.2, -0.15) is 0 Å². The van der Waals surface area contributed by atoms with E-state index in [0.717, 1.165) is 30.0 Å². The summed E-state index contributed by atoms with van der Waals surface area (Å²) in [4.78, 5) is 12.8. The third-order valence-corrected chi connectivity index (χ3v) is 2.71. The van der Waals surface area contributed by atoms with E-state index in [-0.39, 0.29) is 6.04 Å². The van der Waals surface area contributed by atoms with Gasteiger partial charge in [0.15, 0.2) is 0 Å². The van der Waals surface area contributed by atoms with Gasteiger partial charge in [0.2, 0.25) is 0 Å². The lowest BCUT2D eigenvalue weighted by molar-refractivity contribution is 0.582. The Balaban J connectivity index is 2.31. The highest BCUT2D eigenvalue weighted by atomic mass is 15.0. The van der Waals surface area contributed by atoms with Crippen molar-refractivity contribution < 1.29 is 0 Å². The van der Waals surface area contributed by atoms with Crippen LogP contribution in [0.4, 0.5) is 0 Å². The van der Waals surface area contributed by atoms with Crippen molar-refractivity contribution in [2.24, 2.45) is 0 Å². The molecule has 0 saturated carbocycles. The Bertz CT molecular complexity index is 484. The van der Waals surface area contributed by atoms with Crippen LogP contribution in [0, 0.1) is 6.92 Å². The van der Waals surface area contributed by atoms with E-state index in [9.17, 15) is 0 Å². The largest absolute Gasteiger partial charge is 0.305 e. The summed E-state index contributed by atoms with van der Waals surface area (Å²) in [6.07, 6.45) is 6.55. The highest BCUT2D eigenvalue weighted by Crippen LogP contribution is 2.19. The maximum atomic E-state index is 4.50. The summed E-state index contributed by atoms with van der Waals surface area (Å²) in [6.45, 7) is 5.00. The Hall–Kier alpha value is -1.81. The topological polar surface area (TPSA) is 50.7 Å². The van der Waals surface area contributed by atoms with E-state index in [1.54, 1.807) is 12.4 Å². The molecule has 1 N–H and O–H groups in total. The third kappa shape index (κ3) is 3.11. The summed E-state index contributed by atoms with van der Waals surface area (Å²) in [6, 6.07) is 6.05. The minimum atomic E-state index is 0.0837. The molecular weight excluding hydrogens is 224 g/mol. The highest BCUT2D eigenvalue weighted by Gasteiger charge is 2.14. The quantitative estimate of drug-likeness (QED) is 0.873. The first-order chi connectivity index (χ1) is 8.81. The van der Waals surface area contributed by atoms with E-state index in [0.29, 0.717) is 0 Å². The Kier molecular flexibility index (Phi) is 4.36. The number of nitrogens with one attached hydrogen (secondary N) is 1. The molecule has 18 heavy (non-hydrogen) atoms. The monoisotopic (exact) mass is 242 g/mol. The summed E-state index contributed by atoms with van der Waals surface area (Å²) in [5.41, 5.74) is 2.12. The van der Waals surface area contributed by atoms with Gasteiger partial charge >= 0.3 is 0 Å². The van der Waals surface area contributed by atoms with E-state index in [4.69, 9.17) is 0 Å². The molecule has 0 bridgehead atoms. The van der Waals surface area contributed by atoms with Crippen molar-refractivity contribution in [3.05, 3.63) is 53.9 Å². The van der Waals surface area contributed by atoms with Crippen molar-refractivity contribution in [3.63, 3.8) is 0 Å². The molecule has 2 aromatic rings. The zero-order valence-electron chi connectivity index (χ0n) is 10.8. The molecule has 0 spiro atoms. The highest BCUT2D eigenvalue weighted by molar-refractivity contribution is 5.24. The Morgan fingerprint density at radius 3 is 2.83 bits per heavy atom. The molecule has 1 unspecified atom stereocenters. The number of pyridine rings is 1. The maximum Gasteiger partial charge on any atom is 0.125 e. The lowest BCUT2D eigenvalue weighted by Gasteiger charge is -2.18. The first-order valence-electron chi connectivity index (χ1n) is 6.24. The van der Waals surface area contributed by atoms with Crippen LogP contribution in [0.15, 0.2) is 36.8 Å². The van der Waals surface area contributed by atoms with Crippen LogP contribution in [-0.4, -0.2) is 21.5 Å². The minimum Gasteiger partial charge on any atom is -0.305 e. The third-order valence-electron chi connectivity index (χ3n) is 2.71. The molecule has 0 fully saturated rings. The number of hydrogen-bond acceptors (Lipinski definition) is 4. The molecule has 1 atom stereocenters. The number of aryl methyl sites for hydroxylation is 1. The van der Waals surface area contributed by atoms with E-state index in [2.05, 4.69) is 33.3 Å². The zero-order chi connectivity index (χ0) is 12.8. The molecule has 0 aromatic carbocycles. The van der Waals surface area contributed by atoms with Gasteiger partial charge in [0.25, 0.3) is 0 Å². The molecule has 2 aromatic heterocycles. The number of aromatic nitrogens is 3. The number of hydrogen-bond donors (Lipinski definition) is 1. The molecule has 4 nitrogen and oxygen atoms in total. The Labute approximate surface area is 108 Å².